The lowest BCUT2D eigenvalue weighted by Gasteiger charge is -2.32. The summed E-state index contributed by atoms with van der Waals surface area (Å²) in [5, 5.41) is 5.91. The van der Waals surface area contributed by atoms with Crippen LogP contribution >= 0.6 is 0 Å². The Morgan fingerprint density at radius 1 is 0.829 bits per heavy atom. The summed E-state index contributed by atoms with van der Waals surface area (Å²) in [4.78, 5) is 25.4. The van der Waals surface area contributed by atoms with E-state index < -0.39 is 0 Å². The summed E-state index contributed by atoms with van der Waals surface area (Å²) >= 11 is 0. The minimum atomic E-state index is -0.225. The van der Waals surface area contributed by atoms with Gasteiger partial charge in [0.15, 0.2) is 0 Å². The smallest absolute Gasteiger partial charge is 0.259 e. The predicted molar refractivity (Wildman–Crippen MR) is 144 cm³/mol. The van der Waals surface area contributed by atoms with Gasteiger partial charge >= 0.3 is 0 Å². The summed E-state index contributed by atoms with van der Waals surface area (Å²) in [6.45, 7) is 10.7. The zero-order valence-corrected chi connectivity index (χ0v) is 22.1. The normalized spacial score (nSPS) is 11.2. The van der Waals surface area contributed by atoms with Crippen LogP contribution in [0.25, 0.3) is 0 Å². The molecule has 0 saturated heterocycles. The molecule has 192 valence electrons. The predicted octanol–water partition coefficient (Wildman–Crippen LogP) is 5.89. The van der Waals surface area contributed by atoms with Crippen molar-refractivity contribution in [2.45, 2.75) is 59.3 Å². The van der Waals surface area contributed by atoms with Gasteiger partial charge in [0.25, 0.3) is 11.8 Å². The highest BCUT2D eigenvalue weighted by molar-refractivity contribution is 6.06. The highest BCUT2D eigenvalue weighted by Gasteiger charge is 2.17. The third-order valence-electron chi connectivity index (χ3n) is 6.76. The molecule has 0 aliphatic heterocycles. The highest BCUT2D eigenvalue weighted by atomic mass is 16.5. The van der Waals surface area contributed by atoms with E-state index in [4.69, 9.17) is 4.74 Å². The molecule has 0 radical (unpaired) electrons. The van der Waals surface area contributed by atoms with E-state index >= 15 is 0 Å². The van der Waals surface area contributed by atoms with E-state index in [0.29, 0.717) is 35.7 Å². The third-order valence-corrected chi connectivity index (χ3v) is 6.76. The standard InChI is InChI=1S/C29H43N3O3/c1-5-8-9-10-11-14-23-35-27-16-13-12-15-26(27)29(34)31-25-19-17-24(18-20-25)28(33)30-21-22-32(4,6-2)7-3/h12-13,15-20H,5-11,14,21-23H2,1-4H3,(H-,30,31,33,34)/p+1. The zero-order valence-electron chi connectivity index (χ0n) is 22.1. The molecule has 0 aliphatic rings. The van der Waals surface area contributed by atoms with Crippen molar-refractivity contribution in [3.8, 4) is 5.75 Å². The number of nitrogens with zero attached hydrogens (tertiary/aromatic N) is 1. The van der Waals surface area contributed by atoms with Gasteiger partial charge in [0.2, 0.25) is 0 Å². The van der Waals surface area contributed by atoms with Crippen LogP contribution in [0.1, 0.15) is 80.0 Å². The lowest BCUT2D eigenvalue weighted by molar-refractivity contribution is -0.904. The molecule has 2 amide bonds. The summed E-state index contributed by atoms with van der Waals surface area (Å²) in [5.74, 6) is 0.270. The molecule has 0 aromatic heterocycles. The summed E-state index contributed by atoms with van der Waals surface area (Å²) in [5.41, 5.74) is 1.72. The number of carbonyl (C=O) groups excluding carboxylic acids is 2. The fourth-order valence-electron chi connectivity index (χ4n) is 3.83. The van der Waals surface area contributed by atoms with Crippen LogP contribution in [0.3, 0.4) is 0 Å². The third kappa shape index (κ3) is 9.73. The molecule has 0 aliphatic carbocycles. The van der Waals surface area contributed by atoms with Crippen molar-refractivity contribution >= 4 is 17.5 Å². The molecule has 0 unspecified atom stereocenters. The van der Waals surface area contributed by atoms with Gasteiger partial charge < -0.3 is 19.9 Å². The molecular weight excluding hydrogens is 438 g/mol. The summed E-state index contributed by atoms with van der Waals surface area (Å²) in [6, 6.07) is 14.3. The molecule has 6 heteroatoms. The SMILES string of the molecule is CCCCCCCCOc1ccccc1C(=O)Nc1ccc(C(=O)NCC[N+](C)(CC)CC)cc1. The minimum Gasteiger partial charge on any atom is -0.493 e. The second-order valence-electron chi connectivity index (χ2n) is 9.38. The maximum Gasteiger partial charge on any atom is 0.259 e. The largest absolute Gasteiger partial charge is 0.493 e. The number of hydrogen-bond acceptors (Lipinski definition) is 3. The number of likely N-dealkylation sites (N-methyl/N-ethyl adjacent to an activating group) is 1. The fraction of sp³-hybridized carbons (Fsp3) is 0.517. The van der Waals surface area contributed by atoms with Crippen LogP contribution in [0.2, 0.25) is 0 Å². The first-order valence-corrected chi connectivity index (χ1v) is 13.2. The lowest BCUT2D eigenvalue weighted by atomic mass is 10.1. The van der Waals surface area contributed by atoms with Crippen LogP contribution in [0.4, 0.5) is 5.69 Å². The van der Waals surface area contributed by atoms with Crippen molar-refractivity contribution in [2.75, 3.05) is 45.2 Å². The van der Waals surface area contributed by atoms with Crippen LogP contribution in [-0.2, 0) is 0 Å². The van der Waals surface area contributed by atoms with Gasteiger partial charge in [0.05, 0.1) is 45.4 Å². The van der Waals surface area contributed by atoms with E-state index in [0.717, 1.165) is 37.0 Å². The molecule has 35 heavy (non-hydrogen) atoms. The summed E-state index contributed by atoms with van der Waals surface area (Å²) in [7, 11) is 2.20. The van der Waals surface area contributed by atoms with Crippen LogP contribution in [0, 0.1) is 0 Å². The van der Waals surface area contributed by atoms with Crippen LogP contribution in [-0.4, -0.2) is 56.1 Å². The number of hydrogen-bond donors (Lipinski definition) is 2. The Morgan fingerprint density at radius 2 is 1.49 bits per heavy atom. The van der Waals surface area contributed by atoms with Gasteiger partial charge in [-0.25, -0.2) is 0 Å². The Balaban J connectivity index is 1.86. The van der Waals surface area contributed by atoms with Gasteiger partial charge in [-0.15, -0.1) is 0 Å². The van der Waals surface area contributed by atoms with Crippen LogP contribution in [0.5, 0.6) is 5.75 Å². The second kappa shape index (κ2) is 15.2. The average Bonchev–Trinajstić information content (AvgIpc) is 2.88. The van der Waals surface area contributed by atoms with E-state index in [2.05, 4.69) is 38.5 Å². The quantitative estimate of drug-likeness (QED) is 0.231. The molecular formula is C29H44N3O3+. The number of ether oxygens (including phenoxy) is 1. The highest BCUT2D eigenvalue weighted by Crippen LogP contribution is 2.21. The van der Waals surface area contributed by atoms with E-state index in [1.54, 1.807) is 30.3 Å². The van der Waals surface area contributed by atoms with Crippen molar-refractivity contribution in [3.05, 3.63) is 59.7 Å². The number of amides is 2. The Bertz CT molecular complexity index is 908. The van der Waals surface area contributed by atoms with Gasteiger partial charge in [0, 0.05) is 11.3 Å². The first-order valence-electron chi connectivity index (χ1n) is 13.2. The van der Waals surface area contributed by atoms with Crippen molar-refractivity contribution in [3.63, 3.8) is 0 Å². The van der Waals surface area contributed by atoms with Crippen molar-refractivity contribution in [2.24, 2.45) is 0 Å². The molecule has 0 bridgehead atoms. The van der Waals surface area contributed by atoms with E-state index in [1.807, 2.05) is 18.2 Å². The van der Waals surface area contributed by atoms with E-state index in [1.165, 1.54) is 25.7 Å². The molecule has 2 aromatic carbocycles. The molecule has 0 atom stereocenters. The topological polar surface area (TPSA) is 67.4 Å². The van der Waals surface area contributed by atoms with E-state index in [-0.39, 0.29) is 11.8 Å². The molecule has 2 N–H and O–H groups in total. The molecule has 0 saturated carbocycles. The number of quaternary nitrogens is 1. The number of benzene rings is 2. The number of unbranched alkanes of at least 4 members (excludes halogenated alkanes) is 5. The van der Waals surface area contributed by atoms with Gasteiger partial charge in [-0.05, 0) is 56.7 Å². The lowest BCUT2D eigenvalue weighted by Crippen LogP contribution is -2.48. The maximum atomic E-state index is 12.9. The zero-order chi connectivity index (χ0) is 25.5. The molecule has 0 spiro atoms. The number of nitrogens with one attached hydrogen (secondary N) is 2. The molecule has 6 nitrogen and oxygen atoms in total. The maximum absolute atomic E-state index is 12.9. The van der Waals surface area contributed by atoms with Gasteiger partial charge in [-0.1, -0.05) is 51.2 Å². The molecule has 2 aromatic rings. The Labute approximate surface area is 211 Å². The Morgan fingerprint density at radius 3 is 2.17 bits per heavy atom. The number of anilines is 1. The molecule has 2 rings (SSSR count). The Kier molecular flexibility index (Phi) is 12.3. The second-order valence-corrected chi connectivity index (χ2v) is 9.38. The van der Waals surface area contributed by atoms with E-state index in [9.17, 15) is 9.59 Å². The Hall–Kier alpha value is -2.86. The molecule has 0 heterocycles. The van der Waals surface area contributed by atoms with Crippen molar-refractivity contribution < 1.29 is 18.8 Å². The first kappa shape index (κ1) is 28.4. The summed E-state index contributed by atoms with van der Waals surface area (Å²) < 4.78 is 6.84. The van der Waals surface area contributed by atoms with Gasteiger partial charge in [0.1, 0.15) is 5.75 Å². The number of carbonyl (C=O) groups is 2. The number of rotatable bonds is 16. The van der Waals surface area contributed by atoms with Gasteiger partial charge in [-0.2, -0.15) is 0 Å². The first-order chi connectivity index (χ1) is 16.9. The fourth-order valence-corrected chi connectivity index (χ4v) is 3.83. The molecule has 0 fully saturated rings. The average molecular weight is 483 g/mol. The van der Waals surface area contributed by atoms with Crippen LogP contribution < -0.4 is 15.4 Å². The van der Waals surface area contributed by atoms with Gasteiger partial charge in [-0.3, -0.25) is 9.59 Å². The summed E-state index contributed by atoms with van der Waals surface area (Å²) in [6.07, 6.45) is 7.15. The van der Waals surface area contributed by atoms with Crippen LogP contribution in [0.15, 0.2) is 48.5 Å². The minimum absolute atomic E-state index is 0.102. The van der Waals surface area contributed by atoms with Crippen molar-refractivity contribution in [1.29, 1.82) is 0 Å². The van der Waals surface area contributed by atoms with Crippen molar-refractivity contribution in [1.82, 2.24) is 5.32 Å². The monoisotopic (exact) mass is 482 g/mol. The number of para-hydroxylation sites is 1.